The number of hydrogen-bond acceptors (Lipinski definition) is 0. The Balaban J connectivity index is 3.22. The second-order valence-corrected chi connectivity index (χ2v) is 1.27. The molecule has 0 bridgehead atoms. The maximum atomic E-state index is 11.3. The molecule has 0 amide bonds. The van der Waals surface area contributed by atoms with E-state index in [9.17, 15) is 4.39 Å². The molecule has 0 saturated carbocycles. The van der Waals surface area contributed by atoms with Gasteiger partial charge in [-0.15, -0.1) is 0 Å². The molecule has 0 aliphatic heterocycles. The molecule has 0 heterocycles. The fraction of sp³-hybridized carbons (Fsp3) is 0.600. The Labute approximate surface area is 37.7 Å². The molecule has 0 radical (unpaired) electrons. The fourth-order valence-corrected chi connectivity index (χ4v) is 0.0772. The van der Waals surface area contributed by atoms with Gasteiger partial charge in [-0.3, -0.25) is 0 Å². The molecular formula is C5H9F. The van der Waals surface area contributed by atoms with Gasteiger partial charge < -0.3 is 0 Å². The normalized spacial score (nSPS) is 12.2. The maximum absolute atomic E-state index is 11.3. The van der Waals surface area contributed by atoms with E-state index < -0.39 is 0 Å². The van der Waals surface area contributed by atoms with Crippen molar-refractivity contribution in [2.45, 2.75) is 13.8 Å². The standard InChI is InChI=1S/C5H9F/c1-3-5(2)4-6/h3H,4H2,1-2H3. The second kappa shape index (κ2) is 2.88. The number of rotatable bonds is 1. The van der Waals surface area contributed by atoms with Gasteiger partial charge in [-0.2, -0.15) is 0 Å². The van der Waals surface area contributed by atoms with Gasteiger partial charge in [0, 0.05) is 0 Å². The van der Waals surface area contributed by atoms with Crippen molar-refractivity contribution in [2.75, 3.05) is 6.67 Å². The highest BCUT2D eigenvalue weighted by atomic mass is 19.1. The van der Waals surface area contributed by atoms with Crippen LogP contribution in [0.3, 0.4) is 0 Å². The molecule has 0 spiro atoms. The number of hydrogen-bond donors (Lipinski definition) is 0. The molecule has 0 aliphatic rings. The molecule has 0 aliphatic carbocycles. The average molecular weight is 88.1 g/mol. The lowest BCUT2D eigenvalue weighted by Gasteiger charge is -1.81. The quantitative estimate of drug-likeness (QED) is 0.429. The van der Waals surface area contributed by atoms with Gasteiger partial charge in [0.1, 0.15) is 6.67 Å². The molecular weight excluding hydrogens is 79.1 g/mol. The van der Waals surface area contributed by atoms with Crippen molar-refractivity contribution in [1.29, 1.82) is 0 Å². The van der Waals surface area contributed by atoms with Crippen LogP contribution in [0, 0.1) is 0 Å². The van der Waals surface area contributed by atoms with Gasteiger partial charge in [0.2, 0.25) is 0 Å². The molecule has 0 saturated heterocycles. The first-order chi connectivity index (χ1) is 2.81. The molecule has 6 heavy (non-hydrogen) atoms. The third-order valence-corrected chi connectivity index (χ3v) is 0.704. The summed E-state index contributed by atoms with van der Waals surface area (Å²) in [6.07, 6.45) is 1.76. The summed E-state index contributed by atoms with van der Waals surface area (Å²) >= 11 is 0. The second-order valence-electron chi connectivity index (χ2n) is 1.27. The van der Waals surface area contributed by atoms with Crippen LogP contribution < -0.4 is 0 Å². The monoisotopic (exact) mass is 88.1 g/mol. The van der Waals surface area contributed by atoms with Crippen molar-refractivity contribution in [2.24, 2.45) is 0 Å². The Morgan fingerprint density at radius 1 is 1.83 bits per heavy atom. The van der Waals surface area contributed by atoms with E-state index in [0.717, 1.165) is 5.57 Å². The van der Waals surface area contributed by atoms with Crippen LogP contribution in [0.1, 0.15) is 13.8 Å². The summed E-state index contributed by atoms with van der Waals surface area (Å²) in [5.74, 6) is 0. The molecule has 0 aromatic heterocycles. The van der Waals surface area contributed by atoms with Gasteiger partial charge in [-0.25, -0.2) is 4.39 Å². The molecule has 36 valence electrons. The lowest BCUT2D eigenvalue weighted by Crippen LogP contribution is -1.71. The van der Waals surface area contributed by atoms with Crippen molar-refractivity contribution in [1.82, 2.24) is 0 Å². The summed E-state index contributed by atoms with van der Waals surface area (Å²) in [6.45, 7) is 3.28. The average Bonchev–Trinajstić information content (AvgIpc) is 1.65. The van der Waals surface area contributed by atoms with Gasteiger partial charge >= 0.3 is 0 Å². The molecule has 1 heteroatoms. The Hall–Kier alpha value is -0.330. The maximum Gasteiger partial charge on any atom is 0.110 e. The van der Waals surface area contributed by atoms with Gasteiger partial charge in [-0.05, 0) is 19.4 Å². The predicted molar refractivity (Wildman–Crippen MR) is 25.4 cm³/mol. The first-order valence-electron chi connectivity index (χ1n) is 1.99. The van der Waals surface area contributed by atoms with Crippen molar-refractivity contribution in [3.05, 3.63) is 11.6 Å². The van der Waals surface area contributed by atoms with E-state index in [1.165, 1.54) is 0 Å². The van der Waals surface area contributed by atoms with Crippen LogP contribution in [0.2, 0.25) is 0 Å². The van der Waals surface area contributed by atoms with Crippen LogP contribution >= 0.6 is 0 Å². The van der Waals surface area contributed by atoms with E-state index in [0.29, 0.717) is 0 Å². The highest BCUT2D eigenvalue weighted by Gasteiger charge is 1.76. The first kappa shape index (κ1) is 5.67. The topological polar surface area (TPSA) is 0 Å². The molecule has 0 aromatic rings. The SMILES string of the molecule is CC=C(C)CF. The van der Waals surface area contributed by atoms with E-state index in [2.05, 4.69) is 0 Å². The minimum atomic E-state index is -0.309. The molecule has 0 rings (SSSR count). The smallest absolute Gasteiger partial charge is 0.110 e. The van der Waals surface area contributed by atoms with Gasteiger partial charge in [0.25, 0.3) is 0 Å². The first-order valence-corrected chi connectivity index (χ1v) is 1.99. The lowest BCUT2D eigenvalue weighted by molar-refractivity contribution is 0.543. The van der Waals surface area contributed by atoms with E-state index in [1.54, 1.807) is 13.0 Å². The van der Waals surface area contributed by atoms with Crippen LogP contribution in [-0.4, -0.2) is 6.67 Å². The Bertz CT molecular complexity index is 55.0. The van der Waals surface area contributed by atoms with Crippen molar-refractivity contribution in [3.8, 4) is 0 Å². The summed E-state index contributed by atoms with van der Waals surface area (Å²) in [6, 6.07) is 0. The largest absolute Gasteiger partial charge is 0.246 e. The molecule has 0 aromatic carbocycles. The highest BCUT2D eigenvalue weighted by molar-refractivity contribution is 4.94. The van der Waals surface area contributed by atoms with Crippen LogP contribution in [0.4, 0.5) is 4.39 Å². The zero-order valence-electron chi connectivity index (χ0n) is 4.16. The summed E-state index contributed by atoms with van der Waals surface area (Å²) in [5.41, 5.74) is 0.801. The lowest BCUT2D eigenvalue weighted by atomic mass is 10.3. The minimum absolute atomic E-state index is 0.309. The third-order valence-electron chi connectivity index (χ3n) is 0.704. The molecule has 0 atom stereocenters. The number of alkyl halides is 1. The number of allylic oxidation sites excluding steroid dienone is 2. The van der Waals surface area contributed by atoms with Crippen LogP contribution in [0.5, 0.6) is 0 Å². The van der Waals surface area contributed by atoms with Gasteiger partial charge in [0.05, 0.1) is 0 Å². The zero-order valence-corrected chi connectivity index (χ0v) is 4.16. The molecule has 0 unspecified atom stereocenters. The molecule has 0 fully saturated rings. The Morgan fingerprint density at radius 3 is 2.33 bits per heavy atom. The Kier molecular flexibility index (Phi) is 2.73. The van der Waals surface area contributed by atoms with E-state index >= 15 is 0 Å². The summed E-state index contributed by atoms with van der Waals surface area (Å²) in [5, 5.41) is 0. The summed E-state index contributed by atoms with van der Waals surface area (Å²) in [7, 11) is 0. The van der Waals surface area contributed by atoms with Gasteiger partial charge in [-0.1, -0.05) is 6.08 Å². The van der Waals surface area contributed by atoms with Crippen molar-refractivity contribution in [3.63, 3.8) is 0 Å². The minimum Gasteiger partial charge on any atom is -0.246 e. The van der Waals surface area contributed by atoms with E-state index in [4.69, 9.17) is 0 Å². The van der Waals surface area contributed by atoms with Crippen LogP contribution in [0.15, 0.2) is 11.6 Å². The molecule has 0 N–H and O–H groups in total. The fourth-order valence-electron chi connectivity index (χ4n) is 0.0772. The third kappa shape index (κ3) is 1.94. The molecule has 0 nitrogen and oxygen atoms in total. The van der Waals surface area contributed by atoms with Crippen molar-refractivity contribution < 1.29 is 4.39 Å². The number of halogens is 1. The van der Waals surface area contributed by atoms with E-state index in [-0.39, 0.29) is 6.67 Å². The zero-order chi connectivity index (χ0) is 4.99. The Morgan fingerprint density at radius 2 is 2.33 bits per heavy atom. The predicted octanol–water partition coefficient (Wildman–Crippen LogP) is 1.92. The summed E-state index contributed by atoms with van der Waals surface area (Å²) in [4.78, 5) is 0. The summed E-state index contributed by atoms with van der Waals surface area (Å²) < 4.78 is 11.3. The van der Waals surface area contributed by atoms with Crippen LogP contribution in [-0.2, 0) is 0 Å². The van der Waals surface area contributed by atoms with Crippen molar-refractivity contribution >= 4 is 0 Å². The van der Waals surface area contributed by atoms with Crippen LogP contribution in [0.25, 0.3) is 0 Å². The van der Waals surface area contributed by atoms with Gasteiger partial charge in [0.15, 0.2) is 0 Å². The van der Waals surface area contributed by atoms with E-state index in [1.807, 2.05) is 6.92 Å². The highest BCUT2D eigenvalue weighted by Crippen LogP contribution is 1.88.